The molecule has 0 bridgehead atoms. The first kappa shape index (κ1) is 15.3. The molecule has 0 fully saturated rings. The fraction of sp³-hybridized carbons (Fsp3) is 0.385. The first-order valence-corrected chi connectivity index (χ1v) is 6.22. The van der Waals surface area contributed by atoms with E-state index in [-0.39, 0.29) is 12.5 Å². The van der Waals surface area contributed by atoms with Crippen LogP contribution < -0.4 is 10.1 Å². The van der Waals surface area contributed by atoms with Gasteiger partial charge in [-0.05, 0) is 24.6 Å². The molecule has 0 aliphatic carbocycles. The monoisotopic (exact) mass is 285 g/mol. The highest BCUT2D eigenvalue weighted by atomic mass is 35.5. The third-order valence-corrected chi connectivity index (χ3v) is 2.99. The number of methoxy groups -OCH3 is 1. The van der Waals surface area contributed by atoms with Crippen LogP contribution in [0.15, 0.2) is 18.2 Å². The smallest absolute Gasteiger partial charge is 0.308 e. The molecule has 1 unspecified atom stereocenters. The summed E-state index contributed by atoms with van der Waals surface area (Å²) in [6.45, 7) is 1.84. The van der Waals surface area contributed by atoms with Gasteiger partial charge in [-0.25, -0.2) is 0 Å². The van der Waals surface area contributed by atoms with Crippen molar-refractivity contribution in [2.75, 3.05) is 13.7 Å². The van der Waals surface area contributed by atoms with Crippen molar-refractivity contribution in [2.24, 2.45) is 5.92 Å². The van der Waals surface area contributed by atoms with Gasteiger partial charge in [-0.2, -0.15) is 0 Å². The number of nitrogens with one attached hydrogen (secondary N) is 1. The Kier molecular flexibility index (Phi) is 5.63. The number of carboxylic acid groups (broad SMARTS) is 1. The van der Waals surface area contributed by atoms with E-state index in [4.69, 9.17) is 21.4 Å². The van der Waals surface area contributed by atoms with Crippen LogP contribution in [0.25, 0.3) is 0 Å². The molecule has 0 aromatic heterocycles. The van der Waals surface area contributed by atoms with Gasteiger partial charge in [0.25, 0.3) is 5.91 Å². The summed E-state index contributed by atoms with van der Waals surface area (Å²) in [7, 11) is 1.44. The van der Waals surface area contributed by atoms with Gasteiger partial charge in [0, 0.05) is 11.6 Å². The Morgan fingerprint density at radius 3 is 2.68 bits per heavy atom. The Labute approximate surface area is 116 Å². The second kappa shape index (κ2) is 6.99. The zero-order valence-corrected chi connectivity index (χ0v) is 11.5. The third-order valence-electron chi connectivity index (χ3n) is 2.76. The minimum absolute atomic E-state index is 0.0798. The summed E-state index contributed by atoms with van der Waals surface area (Å²) >= 11 is 5.80. The van der Waals surface area contributed by atoms with Crippen LogP contribution in [-0.2, 0) is 4.79 Å². The zero-order chi connectivity index (χ0) is 14.4. The van der Waals surface area contributed by atoms with Crippen LogP contribution >= 0.6 is 11.6 Å². The molecule has 0 spiro atoms. The van der Waals surface area contributed by atoms with E-state index in [1.54, 1.807) is 13.0 Å². The maximum atomic E-state index is 12.0. The molecule has 0 aliphatic heterocycles. The Morgan fingerprint density at radius 1 is 1.47 bits per heavy atom. The van der Waals surface area contributed by atoms with Gasteiger partial charge in [0.2, 0.25) is 0 Å². The van der Waals surface area contributed by atoms with E-state index in [2.05, 4.69) is 5.32 Å². The molecule has 104 valence electrons. The molecule has 1 aromatic rings. The molecule has 2 N–H and O–H groups in total. The molecule has 0 saturated heterocycles. The van der Waals surface area contributed by atoms with Gasteiger partial charge in [-0.3, -0.25) is 9.59 Å². The molecule has 1 rings (SSSR count). The Balaban J connectivity index is 2.76. The number of aliphatic carboxylic acids is 1. The van der Waals surface area contributed by atoms with E-state index in [0.29, 0.717) is 22.8 Å². The fourth-order valence-corrected chi connectivity index (χ4v) is 1.73. The van der Waals surface area contributed by atoms with Gasteiger partial charge in [-0.15, -0.1) is 0 Å². The molecule has 1 atom stereocenters. The molecular formula is C13H16ClNO4. The number of amides is 1. The number of hydrogen-bond acceptors (Lipinski definition) is 3. The molecule has 6 heteroatoms. The maximum Gasteiger partial charge on any atom is 0.308 e. The summed E-state index contributed by atoms with van der Waals surface area (Å²) < 4.78 is 5.07. The summed E-state index contributed by atoms with van der Waals surface area (Å²) in [4.78, 5) is 22.8. The number of ether oxygens (including phenoxy) is 1. The second-order valence-electron chi connectivity index (χ2n) is 4.00. The largest absolute Gasteiger partial charge is 0.496 e. The van der Waals surface area contributed by atoms with Crippen LogP contribution in [0.1, 0.15) is 23.7 Å². The van der Waals surface area contributed by atoms with Crippen molar-refractivity contribution in [3.05, 3.63) is 28.8 Å². The standard InChI is InChI=1S/C13H16ClNO4/c1-3-8(13(17)18)7-15-12(16)10-5-4-9(14)6-11(10)19-2/h4-6,8H,3,7H2,1-2H3,(H,15,16)(H,17,18). The minimum atomic E-state index is -0.925. The van der Waals surface area contributed by atoms with E-state index in [1.165, 1.54) is 19.2 Å². The van der Waals surface area contributed by atoms with Crippen LogP contribution in [0.2, 0.25) is 5.02 Å². The summed E-state index contributed by atoms with van der Waals surface area (Å²) in [5.74, 6) is -1.55. The van der Waals surface area contributed by atoms with Crippen molar-refractivity contribution in [2.45, 2.75) is 13.3 Å². The van der Waals surface area contributed by atoms with Gasteiger partial charge < -0.3 is 15.2 Å². The quantitative estimate of drug-likeness (QED) is 0.840. The average molecular weight is 286 g/mol. The first-order valence-electron chi connectivity index (χ1n) is 5.84. The van der Waals surface area contributed by atoms with Crippen LogP contribution in [0.3, 0.4) is 0 Å². The molecule has 0 saturated carbocycles. The number of rotatable bonds is 6. The van der Waals surface area contributed by atoms with Crippen molar-refractivity contribution in [1.29, 1.82) is 0 Å². The molecule has 19 heavy (non-hydrogen) atoms. The van der Waals surface area contributed by atoms with E-state index in [1.807, 2.05) is 0 Å². The number of carbonyl (C=O) groups excluding carboxylic acids is 1. The third kappa shape index (κ3) is 4.13. The lowest BCUT2D eigenvalue weighted by Crippen LogP contribution is -2.32. The SMILES string of the molecule is CCC(CNC(=O)c1ccc(Cl)cc1OC)C(=O)O. The van der Waals surface area contributed by atoms with Gasteiger partial charge in [0.1, 0.15) is 5.75 Å². The van der Waals surface area contributed by atoms with Crippen LogP contribution in [0.4, 0.5) is 0 Å². The Bertz CT molecular complexity index is 476. The topological polar surface area (TPSA) is 75.6 Å². The average Bonchev–Trinajstić information content (AvgIpc) is 2.38. The van der Waals surface area contributed by atoms with E-state index < -0.39 is 11.9 Å². The number of halogens is 1. The molecular weight excluding hydrogens is 270 g/mol. The van der Waals surface area contributed by atoms with E-state index >= 15 is 0 Å². The van der Waals surface area contributed by atoms with E-state index in [9.17, 15) is 9.59 Å². The summed E-state index contributed by atoms with van der Waals surface area (Å²) in [6, 6.07) is 4.65. The van der Waals surface area contributed by atoms with Crippen molar-refractivity contribution >= 4 is 23.5 Å². The van der Waals surface area contributed by atoms with Gasteiger partial charge in [0.15, 0.2) is 0 Å². The van der Waals surface area contributed by atoms with Crippen molar-refractivity contribution in [1.82, 2.24) is 5.32 Å². The van der Waals surface area contributed by atoms with Crippen LogP contribution in [-0.4, -0.2) is 30.6 Å². The number of carboxylic acids is 1. The summed E-state index contributed by atoms with van der Waals surface area (Å²) in [5.41, 5.74) is 0.326. The van der Waals surface area contributed by atoms with Gasteiger partial charge in [0.05, 0.1) is 18.6 Å². The molecule has 1 amide bonds. The maximum absolute atomic E-state index is 12.0. The molecule has 5 nitrogen and oxygen atoms in total. The van der Waals surface area contributed by atoms with Gasteiger partial charge in [-0.1, -0.05) is 18.5 Å². The summed E-state index contributed by atoms with van der Waals surface area (Å²) in [5, 5.41) is 11.9. The fourth-order valence-electron chi connectivity index (χ4n) is 1.57. The normalized spacial score (nSPS) is 11.7. The second-order valence-corrected chi connectivity index (χ2v) is 4.43. The predicted octanol–water partition coefficient (Wildman–Crippen LogP) is 2.19. The predicted molar refractivity (Wildman–Crippen MR) is 71.8 cm³/mol. The van der Waals surface area contributed by atoms with Gasteiger partial charge >= 0.3 is 5.97 Å². The van der Waals surface area contributed by atoms with Crippen LogP contribution in [0, 0.1) is 5.92 Å². The van der Waals surface area contributed by atoms with Crippen LogP contribution in [0.5, 0.6) is 5.75 Å². The van der Waals surface area contributed by atoms with Crippen molar-refractivity contribution in [3.63, 3.8) is 0 Å². The molecule has 1 aromatic carbocycles. The molecule has 0 aliphatic rings. The number of carbonyl (C=O) groups is 2. The number of benzene rings is 1. The van der Waals surface area contributed by atoms with E-state index in [0.717, 1.165) is 0 Å². The highest BCUT2D eigenvalue weighted by Crippen LogP contribution is 2.23. The van der Waals surface area contributed by atoms with Crippen molar-refractivity contribution < 1.29 is 19.4 Å². The molecule has 0 heterocycles. The zero-order valence-electron chi connectivity index (χ0n) is 10.8. The number of hydrogen-bond donors (Lipinski definition) is 2. The molecule has 0 radical (unpaired) electrons. The first-order chi connectivity index (χ1) is 8.99. The Morgan fingerprint density at radius 2 is 2.16 bits per heavy atom. The lowest BCUT2D eigenvalue weighted by Gasteiger charge is -2.13. The highest BCUT2D eigenvalue weighted by molar-refractivity contribution is 6.30. The highest BCUT2D eigenvalue weighted by Gasteiger charge is 2.18. The summed E-state index contributed by atoms with van der Waals surface area (Å²) in [6.07, 6.45) is 0.452. The lowest BCUT2D eigenvalue weighted by atomic mass is 10.1. The lowest BCUT2D eigenvalue weighted by molar-refractivity contribution is -0.141. The Hall–Kier alpha value is -1.75. The minimum Gasteiger partial charge on any atom is -0.496 e. The van der Waals surface area contributed by atoms with Crippen molar-refractivity contribution in [3.8, 4) is 5.75 Å².